The van der Waals surface area contributed by atoms with Crippen LogP contribution < -0.4 is 0 Å². The van der Waals surface area contributed by atoms with Gasteiger partial charge in [-0.05, 0) is 25.3 Å². The third kappa shape index (κ3) is 3.37. The molecule has 1 unspecified atom stereocenters. The van der Waals surface area contributed by atoms with Gasteiger partial charge >= 0.3 is 5.97 Å². The van der Waals surface area contributed by atoms with E-state index in [4.69, 9.17) is 4.74 Å². The van der Waals surface area contributed by atoms with Crippen molar-refractivity contribution in [3.8, 4) is 0 Å². The maximum absolute atomic E-state index is 10.6. The smallest absolute Gasteiger partial charge is 0.303 e. The summed E-state index contributed by atoms with van der Waals surface area (Å²) in [5, 5.41) is 0. The normalized spacial score (nSPS) is 28.2. The number of carbonyl (C=O) groups excluding carboxylic acids is 1. The zero-order valence-corrected chi connectivity index (χ0v) is 7.32. The van der Waals surface area contributed by atoms with Gasteiger partial charge in [-0.3, -0.25) is 4.79 Å². The van der Waals surface area contributed by atoms with Crippen LogP contribution in [0.25, 0.3) is 0 Å². The number of carbonyl (C=O) groups is 1. The molecule has 0 spiro atoms. The van der Waals surface area contributed by atoms with Crippen molar-refractivity contribution >= 4 is 5.97 Å². The van der Waals surface area contributed by atoms with Crippen LogP contribution in [0, 0.1) is 0 Å². The molecule has 66 valence electrons. The summed E-state index contributed by atoms with van der Waals surface area (Å²) in [6, 6.07) is 0. The number of hydrogen-bond acceptors (Lipinski definition) is 2. The highest BCUT2D eigenvalue weighted by molar-refractivity contribution is 5.66. The van der Waals surface area contributed by atoms with Crippen molar-refractivity contribution < 1.29 is 9.53 Å². The van der Waals surface area contributed by atoms with E-state index in [-0.39, 0.29) is 12.1 Å². The van der Waals surface area contributed by atoms with Gasteiger partial charge in [0.1, 0.15) is 6.10 Å². The van der Waals surface area contributed by atoms with Crippen LogP contribution in [0.3, 0.4) is 0 Å². The molecule has 0 heterocycles. The number of ether oxygens (including phenoxy) is 1. The summed E-state index contributed by atoms with van der Waals surface area (Å²) in [5.74, 6) is -0.200. The minimum Gasteiger partial charge on any atom is -0.458 e. The molecule has 0 aromatic carbocycles. The zero-order chi connectivity index (χ0) is 8.81. The number of esters is 1. The van der Waals surface area contributed by atoms with E-state index in [0.29, 0.717) is 0 Å². The van der Waals surface area contributed by atoms with Crippen molar-refractivity contribution in [2.24, 2.45) is 0 Å². The molecule has 0 fully saturated rings. The van der Waals surface area contributed by atoms with Gasteiger partial charge < -0.3 is 4.74 Å². The van der Waals surface area contributed by atoms with Crippen molar-refractivity contribution in [1.29, 1.82) is 0 Å². The Hall–Kier alpha value is -1.05. The molecule has 2 nitrogen and oxygen atoms in total. The van der Waals surface area contributed by atoms with E-state index in [1.807, 2.05) is 12.2 Å². The third-order valence-corrected chi connectivity index (χ3v) is 1.72. The molecule has 0 N–H and O–H groups in total. The highest BCUT2D eigenvalue weighted by Crippen LogP contribution is 2.09. The van der Waals surface area contributed by atoms with Gasteiger partial charge in [-0.2, -0.15) is 0 Å². The third-order valence-electron chi connectivity index (χ3n) is 1.72. The molecule has 1 aliphatic carbocycles. The van der Waals surface area contributed by atoms with E-state index >= 15 is 0 Å². The van der Waals surface area contributed by atoms with Crippen LogP contribution in [0.15, 0.2) is 24.3 Å². The van der Waals surface area contributed by atoms with E-state index in [9.17, 15) is 4.79 Å². The maximum Gasteiger partial charge on any atom is 0.303 e. The van der Waals surface area contributed by atoms with E-state index in [1.54, 1.807) is 0 Å². The minimum atomic E-state index is -0.200. The molecule has 12 heavy (non-hydrogen) atoms. The van der Waals surface area contributed by atoms with Crippen LogP contribution >= 0.6 is 0 Å². The van der Waals surface area contributed by atoms with Gasteiger partial charge in [0.2, 0.25) is 0 Å². The van der Waals surface area contributed by atoms with Crippen LogP contribution in [0.2, 0.25) is 0 Å². The Morgan fingerprint density at radius 3 is 3.00 bits per heavy atom. The Labute approximate surface area is 72.9 Å². The first kappa shape index (κ1) is 9.04. The highest BCUT2D eigenvalue weighted by Gasteiger charge is 2.07. The van der Waals surface area contributed by atoms with Crippen LogP contribution in [0.1, 0.15) is 26.2 Å². The van der Waals surface area contributed by atoms with Gasteiger partial charge in [-0.1, -0.05) is 18.2 Å². The summed E-state index contributed by atoms with van der Waals surface area (Å²) in [5.41, 5.74) is 0. The summed E-state index contributed by atoms with van der Waals surface area (Å²) >= 11 is 0. The minimum absolute atomic E-state index is 0.0209. The van der Waals surface area contributed by atoms with Crippen molar-refractivity contribution in [1.82, 2.24) is 0 Å². The first-order valence-electron chi connectivity index (χ1n) is 4.28. The molecule has 0 amide bonds. The Bertz CT molecular complexity index is 204. The second-order valence-corrected chi connectivity index (χ2v) is 2.86. The highest BCUT2D eigenvalue weighted by atomic mass is 16.5. The first-order chi connectivity index (χ1) is 5.79. The zero-order valence-electron chi connectivity index (χ0n) is 7.32. The molecule has 0 aromatic rings. The van der Waals surface area contributed by atoms with Crippen LogP contribution in [0.5, 0.6) is 0 Å². The lowest BCUT2D eigenvalue weighted by Gasteiger charge is -2.12. The Morgan fingerprint density at radius 2 is 2.25 bits per heavy atom. The van der Waals surface area contributed by atoms with Crippen LogP contribution in [-0.4, -0.2) is 12.1 Å². The fourth-order valence-electron chi connectivity index (χ4n) is 1.19. The summed E-state index contributed by atoms with van der Waals surface area (Å²) in [7, 11) is 0. The van der Waals surface area contributed by atoms with E-state index in [2.05, 4.69) is 12.2 Å². The molecular weight excluding hydrogens is 152 g/mol. The largest absolute Gasteiger partial charge is 0.458 e. The lowest BCUT2D eigenvalue weighted by atomic mass is 10.1. The topological polar surface area (TPSA) is 26.3 Å². The summed E-state index contributed by atoms with van der Waals surface area (Å²) < 4.78 is 5.07. The van der Waals surface area contributed by atoms with Gasteiger partial charge in [0, 0.05) is 6.92 Å². The van der Waals surface area contributed by atoms with Crippen LogP contribution in [-0.2, 0) is 9.53 Å². The van der Waals surface area contributed by atoms with Crippen molar-refractivity contribution in [3.05, 3.63) is 24.3 Å². The molecular formula is C10H14O2. The fourth-order valence-corrected chi connectivity index (χ4v) is 1.19. The Morgan fingerprint density at radius 1 is 1.42 bits per heavy atom. The van der Waals surface area contributed by atoms with E-state index in [0.717, 1.165) is 19.3 Å². The maximum atomic E-state index is 10.6. The van der Waals surface area contributed by atoms with Crippen molar-refractivity contribution in [3.63, 3.8) is 0 Å². The van der Waals surface area contributed by atoms with Gasteiger partial charge in [-0.15, -0.1) is 0 Å². The molecule has 0 aliphatic heterocycles. The number of rotatable bonds is 1. The monoisotopic (exact) mass is 166 g/mol. The molecule has 0 saturated heterocycles. The SMILES string of the molecule is CC(=O)OC1/C=C\C/C=C\CC1. The predicted molar refractivity (Wildman–Crippen MR) is 47.7 cm³/mol. The van der Waals surface area contributed by atoms with Crippen molar-refractivity contribution in [2.75, 3.05) is 0 Å². The van der Waals surface area contributed by atoms with E-state index in [1.165, 1.54) is 6.92 Å². The molecule has 1 aliphatic rings. The average Bonchev–Trinajstić information content (AvgIpc) is 1.93. The second kappa shape index (κ2) is 4.75. The molecule has 2 heteroatoms. The summed E-state index contributed by atoms with van der Waals surface area (Å²) in [6.07, 6.45) is 11.0. The van der Waals surface area contributed by atoms with Gasteiger partial charge in [0.25, 0.3) is 0 Å². The molecule has 1 atom stereocenters. The van der Waals surface area contributed by atoms with Crippen molar-refractivity contribution in [2.45, 2.75) is 32.3 Å². The molecule has 0 radical (unpaired) electrons. The standard InChI is InChI=1S/C10H14O2/c1-9(11)12-10-7-5-3-2-4-6-8-10/h2-3,6,8,10H,4-5,7H2,1H3/b3-2-,8-6-. The van der Waals surface area contributed by atoms with E-state index < -0.39 is 0 Å². The summed E-state index contributed by atoms with van der Waals surface area (Å²) in [6.45, 7) is 1.45. The lowest BCUT2D eigenvalue weighted by Crippen LogP contribution is -2.13. The fraction of sp³-hybridized carbons (Fsp3) is 0.500. The van der Waals surface area contributed by atoms with Gasteiger partial charge in [0.15, 0.2) is 0 Å². The predicted octanol–water partition coefficient (Wildman–Crippen LogP) is 2.21. The Balaban J connectivity index is 2.42. The lowest BCUT2D eigenvalue weighted by molar-refractivity contribution is -0.144. The molecule has 0 aromatic heterocycles. The molecule has 0 bridgehead atoms. The van der Waals surface area contributed by atoms with Gasteiger partial charge in [-0.25, -0.2) is 0 Å². The number of hydrogen-bond donors (Lipinski definition) is 0. The Kier molecular flexibility index (Phi) is 3.58. The average molecular weight is 166 g/mol. The first-order valence-corrected chi connectivity index (χ1v) is 4.28. The quantitative estimate of drug-likeness (QED) is 0.441. The number of allylic oxidation sites excluding steroid dienone is 3. The summed E-state index contributed by atoms with van der Waals surface area (Å²) in [4.78, 5) is 10.6. The van der Waals surface area contributed by atoms with Crippen LogP contribution in [0.4, 0.5) is 0 Å². The molecule has 0 saturated carbocycles. The second-order valence-electron chi connectivity index (χ2n) is 2.86. The molecule has 1 rings (SSSR count). The van der Waals surface area contributed by atoms with Gasteiger partial charge in [0.05, 0.1) is 0 Å².